The summed E-state index contributed by atoms with van der Waals surface area (Å²) in [6, 6.07) is 14.5. The maximum absolute atomic E-state index is 12.1. The molecule has 0 bridgehead atoms. The summed E-state index contributed by atoms with van der Waals surface area (Å²) in [5.74, 6) is 1.36. The molecule has 37 heavy (non-hydrogen) atoms. The van der Waals surface area contributed by atoms with Crippen molar-refractivity contribution in [3.05, 3.63) is 61.2 Å². The molecular formula is C29H33N5O3. The monoisotopic (exact) mass is 499 g/mol. The Bertz CT molecular complexity index is 1370. The predicted molar refractivity (Wildman–Crippen MR) is 145 cm³/mol. The molecule has 2 aliphatic rings. The average molecular weight is 500 g/mol. The third-order valence-corrected chi connectivity index (χ3v) is 7.39. The summed E-state index contributed by atoms with van der Waals surface area (Å²) < 4.78 is 15.8. The number of carbonyl (C=O) groups is 1. The van der Waals surface area contributed by atoms with Crippen LogP contribution in [-0.4, -0.2) is 33.4 Å². The van der Waals surface area contributed by atoms with Gasteiger partial charge in [0.05, 0.1) is 36.4 Å². The van der Waals surface area contributed by atoms with E-state index in [0.29, 0.717) is 30.9 Å². The van der Waals surface area contributed by atoms with Crippen LogP contribution in [0.5, 0.6) is 5.75 Å². The van der Waals surface area contributed by atoms with Crippen LogP contribution >= 0.6 is 0 Å². The first-order valence-corrected chi connectivity index (χ1v) is 13.2. The number of anilines is 2. The number of imidazole rings is 1. The quantitative estimate of drug-likeness (QED) is 0.252. The van der Waals surface area contributed by atoms with Gasteiger partial charge in [-0.05, 0) is 74.8 Å². The second kappa shape index (κ2) is 10.2. The van der Waals surface area contributed by atoms with Gasteiger partial charge in [0.15, 0.2) is 0 Å². The van der Waals surface area contributed by atoms with Crippen molar-refractivity contribution in [2.24, 2.45) is 5.92 Å². The Morgan fingerprint density at radius 2 is 1.95 bits per heavy atom. The molecule has 2 aromatic carbocycles. The summed E-state index contributed by atoms with van der Waals surface area (Å²) in [6.07, 6.45) is 11.9. The topological polar surface area (TPSA) is 96.3 Å². The molecule has 3 N–H and O–H groups in total. The van der Waals surface area contributed by atoms with E-state index in [1.807, 2.05) is 47.4 Å². The molecule has 0 radical (unpaired) electrons. The van der Waals surface area contributed by atoms with Crippen LogP contribution in [0.3, 0.4) is 0 Å². The smallest absolute Gasteiger partial charge is 0.411 e. The molecule has 2 heterocycles. The fourth-order valence-corrected chi connectivity index (χ4v) is 4.93. The molecule has 8 heteroatoms. The highest BCUT2D eigenvalue weighted by Gasteiger charge is 2.27. The summed E-state index contributed by atoms with van der Waals surface area (Å²) in [7, 11) is 0. The van der Waals surface area contributed by atoms with Gasteiger partial charge in [0.2, 0.25) is 0 Å². The highest BCUT2D eigenvalue weighted by molar-refractivity contribution is 6.02. The van der Waals surface area contributed by atoms with Gasteiger partial charge in [-0.15, -0.1) is 0 Å². The van der Waals surface area contributed by atoms with E-state index < -0.39 is 6.09 Å². The van der Waals surface area contributed by atoms with Crippen molar-refractivity contribution in [3.8, 4) is 17.0 Å². The van der Waals surface area contributed by atoms with Gasteiger partial charge in [0.1, 0.15) is 5.75 Å². The Hall–Kier alpha value is -3.94. The number of benzene rings is 2. The van der Waals surface area contributed by atoms with Gasteiger partial charge in [-0.1, -0.05) is 12.1 Å². The predicted octanol–water partition coefficient (Wildman–Crippen LogP) is 6.24. The molecule has 8 nitrogen and oxygen atoms in total. The molecular weight excluding hydrogens is 466 g/mol. The Labute approximate surface area is 216 Å². The first-order chi connectivity index (χ1) is 18.2. The molecule has 4 aromatic rings. The number of amides is 1. The maximum atomic E-state index is 12.1. The van der Waals surface area contributed by atoms with Crippen LogP contribution in [0.4, 0.5) is 16.2 Å². The summed E-state index contributed by atoms with van der Waals surface area (Å²) in [5.41, 5.74) is 11.4. The summed E-state index contributed by atoms with van der Waals surface area (Å²) in [4.78, 5) is 16.2. The first kappa shape index (κ1) is 23.5. The van der Waals surface area contributed by atoms with Crippen molar-refractivity contribution in [1.29, 1.82) is 0 Å². The molecule has 0 saturated heterocycles. The minimum atomic E-state index is -0.402. The number of hydrogen-bond acceptors (Lipinski definition) is 5. The average Bonchev–Trinajstić information content (AvgIpc) is 3.49. The van der Waals surface area contributed by atoms with E-state index in [0.717, 1.165) is 72.2 Å². The van der Waals surface area contributed by atoms with E-state index >= 15 is 0 Å². The van der Waals surface area contributed by atoms with Crippen molar-refractivity contribution >= 4 is 28.4 Å². The van der Waals surface area contributed by atoms with E-state index in [9.17, 15) is 4.79 Å². The van der Waals surface area contributed by atoms with Crippen LogP contribution in [-0.2, 0) is 11.3 Å². The Morgan fingerprint density at radius 3 is 2.65 bits per heavy atom. The molecule has 0 spiro atoms. The number of nitrogens with one attached hydrogen (secondary N) is 1. The van der Waals surface area contributed by atoms with Crippen LogP contribution in [0.1, 0.15) is 44.6 Å². The van der Waals surface area contributed by atoms with Crippen LogP contribution in [0, 0.1) is 5.92 Å². The SMILES string of the molecule is Nc1c(-c2ccc(NC(=O)OCC3CC3)cc2)n(C2CCC2)c2ccc(OCCCn3ccnc3)cc12. The third kappa shape index (κ3) is 5.14. The van der Waals surface area contributed by atoms with Gasteiger partial charge in [-0.3, -0.25) is 5.32 Å². The van der Waals surface area contributed by atoms with Gasteiger partial charge in [0.25, 0.3) is 0 Å². The van der Waals surface area contributed by atoms with Crippen LogP contribution < -0.4 is 15.8 Å². The molecule has 2 aromatic heterocycles. The lowest BCUT2D eigenvalue weighted by Crippen LogP contribution is -2.18. The van der Waals surface area contributed by atoms with E-state index in [4.69, 9.17) is 15.2 Å². The second-order valence-corrected chi connectivity index (χ2v) is 10.1. The highest BCUT2D eigenvalue weighted by Crippen LogP contribution is 2.45. The number of fused-ring (bicyclic) bond motifs is 1. The summed E-state index contributed by atoms with van der Waals surface area (Å²) in [5, 5.41) is 3.84. The van der Waals surface area contributed by atoms with Crippen molar-refractivity contribution < 1.29 is 14.3 Å². The number of aryl methyl sites for hydroxylation is 1. The van der Waals surface area contributed by atoms with Crippen molar-refractivity contribution in [2.75, 3.05) is 24.3 Å². The van der Waals surface area contributed by atoms with Crippen molar-refractivity contribution in [2.45, 2.75) is 51.1 Å². The van der Waals surface area contributed by atoms with Gasteiger partial charge in [0, 0.05) is 41.6 Å². The Kier molecular flexibility index (Phi) is 6.47. The van der Waals surface area contributed by atoms with E-state index in [2.05, 4.69) is 27.0 Å². The Morgan fingerprint density at radius 1 is 1.11 bits per heavy atom. The first-order valence-electron chi connectivity index (χ1n) is 13.2. The molecule has 192 valence electrons. The zero-order chi connectivity index (χ0) is 25.2. The fourth-order valence-electron chi connectivity index (χ4n) is 4.93. The number of nitrogen functional groups attached to an aromatic ring is 1. The van der Waals surface area contributed by atoms with Crippen LogP contribution in [0.15, 0.2) is 61.2 Å². The highest BCUT2D eigenvalue weighted by atomic mass is 16.5. The van der Waals surface area contributed by atoms with Crippen LogP contribution in [0.25, 0.3) is 22.2 Å². The lowest BCUT2D eigenvalue weighted by molar-refractivity contribution is 0.156. The largest absolute Gasteiger partial charge is 0.494 e. The van der Waals surface area contributed by atoms with Crippen molar-refractivity contribution in [1.82, 2.24) is 14.1 Å². The zero-order valence-electron chi connectivity index (χ0n) is 20.9. The zero-order valence-corrected chi connectivity index (χ0v) is 20.9. The molecule has 2 aliphatic carbocycles. The molecule has 2 fully saturated rings. The van der Waals surface area contributed by atoms with Crippen LogP contribution in [0.2, 0.25) is 0 Å². The molecule has 0 unspecified atom stereocenters. The second-order valence-electron chi connectivity index (χ2n) is 10.1. The number of nitrogens with two attached hydrogens (primary N) is 1. The number of nitrogens with zero attached hydrogens (tertiary/aromatic N) is 3. The van der Waals surface area contributed by atoms with E-state index in [1.165, 1.54) is 6.42 Å². The number of hydrogen-bond donors (Lipinski definition) is 2. The van der Waals surface area contributed by atoms with E-state index in [1.54, 1.807) is 6.20 Å². The number of carbonyl (C=O) groups excluding carboxylic acids is 1. The van der Waals surface area contributed by atoms with E-state index in [-0.39, 0.29) is 0 Å². The number of rotatable bonds is 10. The minimum absolute atomic E-state index is 0.402. The minimum Gasteiger partial charge on any atom is -0.494 e. The molecule has 6 rings (SSSR count). The number of aromatic nitrogens is 3. The molecule has 1 amide bonds. The molecule has 2 saturated carbocycles. The molecule has 0 aliphatic heterocycles. The van der Waals surface area contributed by atoms with Gasteiger partial charge < -0.3 is 24.3 Å². The Balaban J connectivity index is 1.21. The van der Waals surface area contributed by atoms with Gasteiger partial charge >= 0.3 is 6.09 Å². The summed E-state index contributed by atoms with van der Waals surface area (Å²) in [6.45, 7) is 1.99. The lowest BCUT2D eigenvalue weighted by Gasteiger charge is -2.30. The number of ether oxygens (including phenoxy) is 2. The third-order valence-electron chi connectivity index (χ3n) is 7.39. The lowest BCUT2D eigenvalue weighted by atomic mass is 9.92. The standard InChI is InChI=1S/C29H33N5O3/c30-27-25-17-24(36-16-2-14-33-15-13-31-19-33)11-12-26(25)34(23-3-1-4-23)28(27)21-7-9-22(10-8-21)32-29(35)37-18-20-5-6-20/h7-13,15,17,19-20,23H,1-6,14,16,18,30H2,(H,32,35). The molecule has 0 atom stereocenters. The van der Waals surface area contributed by atoms with Crippen molar-refractivity contribution in [3.63, 3.8) is 0 Å². The van der Waals surface area contributed by atoms with Gasteiger partial charge in [-0.2, -0.15) is 0 Å². The fraction of sp³-hybridized carbons (Fsp3) is 0.379. The normalized spacial score (nSPS) is 15.5. The summed E-state index contributed by atoms with van der Waals surface area (Å²) >= 11 is 0. The maximum Gasteiger partial charge on any atom is 0.411 e. The van der Waals surface area contributed by atoms with Gasteiger partial charge in [-0.25, -0.2) is 9.78 Å².